The lowest BCUT2D eigenvalue weighted by molar-refractivity contribution is 0.816. The van der Waals surface area contributed by atoms with Gasteiger partial charge in [-0.2, -0.15) is 0 Å². The molecule has 0 aliphatic carbocycles. The number of benzene rings is 1. The smallest absolute Gasteiger partial charge is 0.266 e. The zero-order valence-electron chi connectivity index (χ0n) is 11.3. The zero-order chi connectivity index (χ0) is 14.8. The molecule has 2 heterocycles. The largest absolute Gasteiger partial charge is 0.285 e. The predicted octanol–water partition coefficient (Wildman–Crippen LogP) is 3.55. The number of fused-ring (bicyclic) bond motifs is 1. The summed E-state index contributed by atoms with van der Waals surface area (Å²) in [5, 5.41) is 0.947. The lowest BCUT2D eigenvalue weighted by Gasteiger charge is -2.12. The molecule has 0 unspecified atom stereocenters. The quantitative estimate of drug-likeness (QED) is 0.421. The number of pyridine rings is 1. The van der Waals surface area contributed by atoms with E-state index in [0.717, 1.165) is 11.4 Å². The molecule has 2 aromatic heterocycles. The number of hydrogen-bond acceptors (Lipinski definition) is 4. The van der Waals surface area contributed by atoms with Crippen LogP contribution in [0.4, 0.5) is 0 Å². The van der Waals surface area contributed by atoms with Gasteiger partial charge in [0.1, 0.15) is 5.15 Å². The van der Waals surface area contributed by atoms with E-state index in [1.807, 2.05) is 37.3 Å². The van der Waals surface area contributed by atoms with Gasteiger partial charge in [0.05, 0.1) is 11.2 Å². The Morgan fingerprint density at radius 3 is 2.62 bits per heavy atom. The summed E-state index contributed by atoms with van der Waals surface area (Å²) < 4.78 is 1.58. The van der Waals surface area contributed by atoms with Crippen LogP contribution in [0.2, 0.25) is 5.15 Å². The summed E-state index contributed by atoms with van der Waals surface area (Å²) in [6, 6.07) is 12.8. The average molecular weight is 318 g/mol. The number of thioether (sulfide) groups is 1. The number of hydrogen-bond donors (Lipinski definition) is 0. The fraction of sp³-hybridized carbons (Fsp3) is 0.133. The van der Waals surface area contributed by atoms with E-state index in [-0.39, 0.29) is 16.2 Å². The molecule has 4 nitrogen and oxygen atoms in total. The Bertz CT molecular complexity index is 849. The topological polar surface area (TPSA) is 47.8 Å². The van der Waals surface area contributed by atoms with Crippen molar-refractivity contribution in [3.63, 3.8) is 0 Å². The van der Waals surface area contributed by atoms with E-state index in [1.54, 1.807) is 16.7 Å². The fourth-order valence-corrected chi connectivity index (χ4v) is 2.94. The van der Waals surface area contributed by atoms with Crippen molar-refractivity contribution < 1.29 is 0 Å². The van der Waals surface area contributed by atoms with Gasteiger partial charge >= 0.3 is 0 Å². The normalized spacial score (nSPS) is 11.0. The van der Waals surface area contributed by atoms with Gasteiger partial charge in [0.2, 0.25) is 0 Å². The minimum atomic E-state index is -0.204. The maximum atomic E-state index is 12.8. The van der Waals surface area contributed by atoms with Gasteiger partial charge in [-0.25, -0.2) is 9.97 Å². The molecule has 3 aromatic rings. The van der Waals surface area contributed by atoms with E-state index in [0.29, 0.717) is 10.7 Å². The van der Waals surface area contributed by atoms with Gasteiger partial charge in [-0.15, -0.1) is 0 Å². The molecule has 0 amide bonds. The molecule has 0 N–H and O–H groups in total. The Morgan fingerprint density at radius 1 is 1.14 bits per heavy atom. The standard InChI is InChI=1S/C15H12ClN3OS/c1-2-21-15-17-11-8-9-12(16)18-13(11)14(20)19(15)10-6-4-3-5-7-10/h3-9H,2H2,1H3. The third-order valence-electron chi connectivity index (χ3n) is 2.94. The second-order valence-corrected chi connectivity index (χ2v) is 5.92. The van der Waals surface area contributed by atoms with Crippen LogP contribution < -0.4 is 5.56 Å². The van der Waals surface area contributed by atoms with E-state index in [2.05, 4.69) is 9.97 Å². The molecule has 1 aromatic carbocycles. The van der Waals surface area contributed by atoms with Crippen LogP contribution in [0.1, 0.15) is 6.92 Å². The van der Waals surface area contributed by atoms with Crippen LogP contribution in [0, 0.1) is 0 Å². The molecule has 0 aliphatic heterocycles. The van der Waals surface area contributed by atoms with Gasteiger partial charge in [0.25, 0.3) is 5.56 Å². The highest BCUT2D eigenvalue weighted by atomic mass is 35.5. The van der Waals surface area contributed by atoms with E-state index >= 15 is 0 Å². The van der Waals surface area contributed by atoms with E-state index in [1.165, 1.54) is 11.8 Å². The number of nitrogens with zero attached hydrogens (tertiary/aromatic N) is 3. The fourth-order valence-electron chi connectivity index (χ4n) is 2.05. The summed E-state index contributed by atoms with van der Waals surface area (Å²) >= 11 is 7.42. The molecule has 0 saturated carbocycles. The number of halogens is 1. The minimum Gasteiger partial charge on any atom is -0.266 e. The van der Waals surface area contributed by atoms with Gasteiger partial charge in [-0.1, -0.05) is 48.5 Å². The van der Waals surface area contributed by atoms with Crippen molar-refractivity contribution >= 4 is 34.4 Å². The molecule has 3 rings (SSSR count). The minimum absolute atomic E-state index is 0.204. The van der Waals surface area contributed by atoms with Gasteiger partial charge < -0.3 is 0 Å². The van der Waals surface area contributed by atoms with Crippen molar-refractivity contribution in [3.05, 3.63) is 58.0 Å². The zero-order valence-corrected chi connectivity index (χ0v) is 12.9. The highest BCUT2D eigenvalue weighted by Crippen LogP contribution is 2.21. The lowest BCUT2D eigenvalue weighted by Crippen LogP contribution is -2.22. The van der Waals surface area contributed by atoms with Crippen LogP contribution in [0.3, 0.4) is 0 Å². The Labute approximate surface area is 130 Å². The molecule has 106 valence electrons. The molecule has 0 saturated heterocycles. The summed E-state index contributed by atoms with van der Waals surface area (Å²) in [4.78, 5) is 21.4. The van der Waals surface area contributed by atoms with Crippen molar-refractivity contribution in [2.45, 2.75) is 12.1 Å². The maximum Gasteiger partial charge on any atom is 0.285 e. The Hall–Kier alpha value is -1.85. The molecular weight excluding hydrogens is 306 g/mol. The monoisotopic (exact) mass is 317 g/mol. The van der Waals surface area contributed by atoms with Crippen molar-refractivity contribution in [1.29, 1.82) is 0 Å². The van der Waals surface area contributed by atoms with Crippen molar-refractivity contribution in [2.24, 2.45) is 0 Å². The van der Waals surface area contributed by atoms with Crippen LogP contribution in [-0.4, -0.2) is 20.3 Å². The molecular formula is C15H12ClN3OS. The Morgan fingerprint density at radius 2 is 1.90 bits per heavy atom. The van der Waals surface area contributed by atoms with Gasteiger partial charge in [-0.05, 0) is 30.0 Å². The van der Waals surface area contributed by atoms with Crippen LogP contribution in [-0.2, 0) is 0 Å². The second kappa shape index (κ2) is 5.87. The molecule has 0 fully saturated rings. The first kappa shape index (κ1) is 14.1. The molecule has 0 radical (unpaired) electrons. The number of para-hydroxylation sites is 1. The van der Waals surface area contributed by atoms with Gasteiger partial charge in [-0.3, -0.25) is 9.36 Å². The van der Waals surface area contributed by atoms with Crippen LogP contribution in [0.5, 0.6) is 0 Å². The lowest BCUT2D eigenvalue weighted by atomic mass is 10.3. The second-order valence-electron chi connectivity index (χ2n) is 4.31. The van der Waals surface area contributed by atoms with Crippen molar-refractivity contribution in [2.75, 3.05) is 5.75 Å². The molecule has 0 aliphatic rings. The van der Waals surface area contributed by atoms with Crippen molar-refractivity contribution in [3.8, 4) is 5.69 Å². The molecule has 21 heavy (non-hydrogen) atoms. The summed E-state index contributed by atoms with van der Waals surface area (Å²) in [5.41, 5.74) is 1.42. The van der Waals surface area contributed by atoms with Crippen LogP contribution in [0.25, 0.3) is 16.7 Å². The number of aromatic nitrogens is 3. The number of rotatable bonds is 3. The summed E-state index contributed by atoms with van der Waals surface area (Å²) in [6.07, 6.45) is 0. The van der Waals surface area contributed by atoms with Crippen LogP contribution in [0.15, 0.2) is 52.4 Å². The van der Waals surface area contributed by atoms with Crippen LogP contribution >= 0.6 is 23.4 Å². The molecule has 0 spiro atoms. The highest BCUT2D eigenvalue weighted by molar-refractivity contribution is 7.99. The third kappa shape index (κ3) is 2.66. The summed E-state index contributed by atoms with van der Waals surface area (Å²) in [7, 11) is 0. The molecule has 6 heteroatoms. The summed E-state index contributed by atoms with van der Waals surface area (Å²) in [6.45, 7) is 2.02. The predicted molar refractivity (Wildman–Crippen MR) is 86.5 cm³/mol. The summed E-state index contributed by atoms with van der Waals surface area (Å²) in [5.74, 6) is 0.825. The van der Waals surface area contributed by atoms with Gasteiger partial charge in [0.15, 0.2) is 10.7 Å². The van der Waals surface area contributed by atoms with Crippen molar-refractivity contribution in [1.82, 2.24) is 14.5 Å². The Balaban J connectivity index is 2.37. The third-order valence-corrected chi connectivity index (χ3v) is 3.97. The SMILES string of the molecule is CCSc1nc2ccc(Cl)nc2c(=O)n1-c1ccccc1. The van der Waals surface area contributed by atoms with E-state index in [9.17, 15) is 4.79 Å². The van der Waals surface area contributed by atoms with E-state index in [4.69, 9.17) is 11.6 Å². The molecule has 0 bridgehead atoms. The Kier molecular flexibility index (Phi) is 3.94. The van der Waals surface area contributed by atoms with Gasteiger partial charge in [0, 0.05) is 0 Å². The first-order valence-corrected chi connectivity index (χ1v) is 7.84. The highest BCUT2D eigenvalue weighted by Gasteiger charge is 2.13. The van der Waals surface area contributed by atoms with E-state index < -0.39 is 0 Å². The average Bonchev–Trinajstić information content (AvgIpc) is 2.50. The first-order valence-electron chi connectivity index (χ1n) is 6.48. The first-order chi connectivity index (χ1) is 10.2. The molecule has 0 atom stereocenters. The maximum absolute atomic E-state index is 12.8.